The second kappa shape index (κ2) is 13.7. The van der Waals surface area contributed by atoms with Gasteiger partial charge in [-0.25, -0.2) is 0 Å². The molecule has 0 atom stereocenters. The molecule has 0 N–H and O–H groups in total. The minimum absolute atomic E-state index is 0.556. The van der Waals surface area contributed by atoms with Crippen LogP contribution in [-0.4, -0.2) is 33.6 Å². The Kier molecular flexibility index (Phi) is 11.3. The molecular weight excluding hydrogens is 326 g/mol. The van der Waals surface area contributed by atoms with Crippen LogP contribution in [-0.2, 0) is 9.57 Å². The summed E-state index contributed by atoms with van der Waals surface area (Å²) in [5.41, 5.74) is 3.22. The molecular formula is C22H29NO3. The highest BCUT2D eigenvalue weighted by Crippen LogP contribution is 2.25. The van der Waals surface area contributed by atoms with E-state index in [0.717, 1.165) is 35.5 Å². The molecule has 0 heterocycles. The average molecular weight is 355 g/mol. The van der Waals surface area contributed by atoms with E-state index in [-0.39, 0.29) is 0 Å². The maximum absolute atomic E-state index is 5.70. The highest BCUT2D eigenvalue weighted by Gasteiger charge is 2.03. The number of methoxy groups -OCH3 is 1. The smallest absolute Gasteiger partial charge is 0.119 e. The molecule has 0 bridgehead atoms. The average Bonchev–Trinajstić information content (AvgIpc) is 2.71. The minimum atomic E-state index is 0.556. The van der Waals surface area contributed by atoms with Crippen LogP contribution in [0.4, 0.5) is 0 Å². The normalized spacial score (nSPS) is 10.6. The van der Waals surface area contributed by atoms with Crippen LogP contribution in [0.3, 0.4) is 0 Å². The van der Waals surface area contributed by atoms with Gasteiger partial charge < -0.3 is 14.3 Å². The van der Waals surface area contributed by atoms with Gasteiger partial charge in [0.25, 0.3) is 0 Å². The number of benzene rings is 2. The van der Waals surface area contributed by atoms with Crippen molar-refractivity contribution in [1.82, 2.24) is 0 Å². The summed E-state index contributed by atoms with van der Waals surface area (Å²) in [6.07, 6.45) is 6.68. The van der Waals surface area contributed by atoms with Crippen LogP contribution >= 0.6 is 0 Å². The van der Waals surface area contributed by atoms with Gasteiger partial charge in [0.2, 0.25) is 0 Å². The molecule has 0 spiro atoms. The van der Waals surface area contributed by atoms with Crippen LogP contribution in [0.15, 0.2) is 65.8 Å². The van der Waals surface area contributed by atoms with Crippen LogP contribution in [0.25, 0.3) is 11.1 Å². The van der Waals surface area contributed by atoms with Gasteiger partial charge >= 0.3 is 0 Å². The number of oxime groups is 1. The van der Waals surface area contributed by atoms with Gasteiger partial charge in [-0.1, -0.05) is 67.6 Å². The van der Waals surface area contributed by atoms with Crippen LogP contribution in [0.1, 0.15) is 25.8 Å². The molecule has 2 aromatic rings. The fourth-order valence-corrected chi connectivity index (χ4v) is 2.23. The zero-order chi connectivity index (χ0) is 19.0. The van der Waals surface area contributed by atoms with E-state index < -0.39 is 0 Å². The summed E-state index contributed by atoms with van der Waals surface area (Å²) in [4.78, 5) is 4.77. The second-order valence-electron chi connectivity index (χ2n) is 5.09. The topological polar surface area (TPSA) is 40.0 Å². The van der Waals surface area contributed by atoms with Crippen LogP contribution in [0.2, 0.25) is 0 Å². The standard InChI is InChI=1S/C20H23NO3.C2H6/c1-22-14-6-3-7-15-24-19-12-10-17(11-13-19)20-9-5-4-8-18(20)16-21-23-2;1-2/h3-5,7-13,16H,6,14-15H2,1-2H3;1-2H3/b7-3+,21-16+;. The van der Waals surface area contributed by atoms with Gasteiger partial charge in [-0.2, -0.15) is 0 Å². The molecule has 0 aromatic heterocycles. The van der Waals surface area contributed by atoms with Gasteiger partial charge in [-0.05, 0) is 29.7 Å². The molecule has 0 aliphatic rings. The lowest BCUT2D eigenvalue weighted by molar-refractivity contribution is 0.204. The summed E-state index contributed by atoms with van der Waals surface area (Å²) in [6, 6.07) is 16.1. The van der Waals surface area contributed by atoms with Gasteiger partial charge in [0, 0.05) is 19.3 Å². The van der Waals surface area contributed by atoms with Crippen molar-refractivity contribution in [3.8, 4) is 16.9 Å². The molecule has 140 valence electrons. The number of hydrogen-bond donors (Lipinski definition) is 0. The van der Waals surface area contributed by atoms with E-state index in [9.17, 15) is 0 Å². The summed E-state index contributed by atoms with van der Waals surface area (Å²) in [7, 11) is 3.24. The summed E-state index contributed by atoms with van der Waals surface area (Å²) in [5, 5.41) is 3.85. The van der Waals surface area contributed by atoms with Gasteiger partial charge in [0.05, 0.1) is 6.21 Å². The van der Waals surface area contributed by atoms with E-state index in [1.54, 1.807) is 13.3 Å². The Morgan fingerprint density at radius 1 is 0.923 bits per heavy atom. The van der Waals surface area contributed by atoms with Crippen molar-refractivity contribution in [2.24, 2.45) is 5.16 Å². The van der Waals surface area contributed by atoms with Gasteiger partial charge in [-0.3, -0.25) is 0 Å². The zero-order valence-electron chi connectivity index (χ0n) is 16.1. The van der Waals surface area contributed by atoms with Crippen molar-refractivity contribution >= 4 is 6.21 Å². The van der Waals surface area contributed by atoms with Gasteiger partial charge in [0.1, 0.15) is 19.5 Å². The first-order chi connectivity index (χ1) is 12.8. The third-order valence-electron chi connectivity index (χ3n) is 3.42. The first kappa shape index (κ1) is 21.5. The summed E-state index contributed by atoms with van der Waals surface area (Å²) in [6.45, 7) is 5.29. The maximum Gasteiger partial charge on any atom is 0.119 e. The predicted molar refractivity (Wildman–Crippen MR) is 109 cm³/mol. The zero-order valence-corrected chi connectivity index (χ0v) is 16.1. The molecule has 2 rings (SSSR count). The lowest BCUT2D eigenvalue weighted by Crippen LogP contribution is -1.94. The summed E-state index contributed by atoms with van der Waals surface area (Å²) in [5.74, 6) is 0.846. The molecule has 26 heavy (non-hydrogen) atoms. The fraction of sp³-hybridized carbons (Fsp3) is 0.318. The molecule has 2 aromatic carbocycles. The van der Waals surface area contributed by atoms with Crippen molar-refractivity contribution < 1.29 is 14.3 Å². The van der Waals surface area contributed by atoms with E-state index in [0.29, 0.717) is 6.61 Å². The van der Waals surface area contributed by atoms with Crippen LogP contribution in [0, 0.1) is 0 Å². The molecule has 0 fully saturated rings. The first-order valence-corrected chi connectivity index (χ1v) is 8.88. The van der Waals surface area contributed by atoms with E-state index in [2.05, 4.69) is 17.3 Å². The third kappa shape index (κ3) is 7.53. The van der Waals surface area contributed by atoms with E-state index in [1.807, 2.05) is 62.4 Å². The lowest BCUT2D eigenvalue weighted by atomic mass is 10.0. The van der Waals surface area contributed by atoms with Crippen molar-refractivity contribution in [3.63, 3.8) is 0 Å². The Morgan fingerprint density at radius 2 is 1.65 bits per heavy atom. The van der Waals surface area contributed by atoms with Crippen molar-refractivity contribution in [3.05, 3.63) is 66.2 Å². The van der Waals surface area contributed by atoms with Gasteiger partial charge in [0.15, 0.2) is 0 Å². The van der Waals surface area contributed by atoms with Crippen LogP contribution < -0.4 is 4.74 Å². The molecule has 0 radical (unpaired) electrons. The fourth-order valence-electron chi connectivity index (χ4n) is 2.23. The maximum atomic E-state index is 5.70. The highest BCUT2D eigenvalue weighted by molar-refractivity contribution is 5.90. The molecule has 0 saturated carbocycles. The quantitative estimate of drug-likeness (QED) is 0.264. The Bertz CT molecular complexity index is 663. The number of rotatable bonds is 9. The highest BCUT2D eigenvalue weighted by atomic mass is 16.6. The monoisotopic (exact) mass is 355 g/mol. The Balaban J connectivity index is 0.00000163. The van der Waals surface area contributed by atoms with E-state index in [4.69, 9.17) is 14.3 Å². The second-order valence-corrected chi connectivity index (χ2v) is 5.09. The van der Waals surface area contributed by atoms with E-state index in [1.165, 1.54) is 7.11 Å². The summed E-state index contributed by atoms with van der Waals surface area (Å²) >= 11 is 0. The SMILES string of the molecule is CC.COCC/C=C/COc1ccc(-c2ccccc2/C=N/OC)cc1. The Morgan fingerprint density at radius 3 is 2.35 bits per heavy atom. The molecule has 0 aliphatic heterocycles. The van der Waals surface area contributed by atoms with E-state index >= 15 is 0 Å². The van der Waals surface area contributed by atoms with Crippen molar-refractivity contribution in [1.29, 1.82) is 0 Å². The van der Waals surface area contributed by atoms with Crippen LogP contribution in [0.5, 0.6) is 5.75 Å². The molecule has 0 aliphatic carbocycles. The largest absolute Gasteiger partial charge is 0.490 e. The lowest BCUT2D eigenvalue weighted by Gasteiger charge is -2.08. The van der Waals surface area contributed by atoms with Crippen molar-refractivity contribution in [2.75, 3.05) is 27.4 Å². The third-order valence-corrected chi connectivity index (χ3v) is 3.42. The predicted octanol–water partition coefficient (Wildman–Crippen LogP) is 5.33. The number of hydrogen-bond acceptors (Lipinski definition) is 4. The Hall–Kier alpha value is -2.59. The molecule has 0 amide bonds. The summed E-state index contributed by atoms with van der Waals surface area (Å²) < 4.78 is 10.7. The number of ether oxygens (including phenoxy) is 2. The molecule has 0 unspecified atom stereocenters. The van der Waals surface area contributed by atoms with Crippen molar-refractivity contribution in [2.45, 2.75) is 20.3 Å². The number of nitrogens with zero attached hydrogens (tertiary/aromatic N) is 1. The molecule has 4 nitrogen and oxygen atoms in total. The minimum Gasteiger partial charge on any atom is -0.490 e. The molecule has 4 heteroatoms. The molecule has 0 saturated heterocycles. The van der Waals surface area contributed by atoms with Gasteiger partial charge in [-0.15, -0.1) is 0 Å². The Labute approximate surface area is 157 Å². The first-order valence-electron chi connectivity index (χ1n) is 8.88.